The molecule has 0 aromatic heterocycles. The number of phenols is 4. The van der Waals surface area contributed by atoms with Gasteiger partial charge in [0.15, 0.2) is 28.6 Å². The van der Waals surface area contributed by atoms with Crippen molar-refractivity contribution in [1.82, 2.24) is 0 Å². The number of carboxylic acid groups (broad SMARTS) is 1. The fraction of sp³-hybridized carbons (Fsp3) is 0.269. The molecule has 0 bridgehead atoms. The summed E-state index contributed by atoms with van der Waals surface area (Å²) in [4.78, 5) is 11.7. The maximum absolute atomic E-state index is 11.7. The van der Waals surface area contributed by atoms with E-state index in [1.807, 2.05) is 0 Å². The van der Waals surface area contributed by atoms with Gasteiger partial charge >= 0.3 is 5.97 Å². The van der Waals surface area contributed by atoms with Crippen LogP contribution in [0.25, 0.3) is 6.08 Å². The highest BCUT2D eigenvalue weighted by molar-refractivity contribution is 5.77. The lowest BCUT2D eigenvalue weighted by Gasteiger charge is -2.41. The van der Waals surface area contributed by atoms with Gasteiger partial charge in [0.05, 0.1) is 6.26 Å². The second-order valence-corrected chi connectivity index (χ2v) is 8.51. The predicted octanol–water partition coefficient (Wildman–Crippen LogP) is 2.53. The van der Waals surface area contributed by atoms with Gasteiger partial charge in [-0.2, -0.15) is 0 Å². The molecule has 0 spiro atoms. The Morgan fingerprint density at radius 2 is 1.64 bits per heavy atom. The van der Waals surface area contributed by atoms with Crippen LogP contribution in [0, 0.1) is 0 Å². The number of phenolic OH excluding ortho intramolecular Hbond substituents is 4. The number of carbonyl (C=O) groups is 1. The van der Waals surface area contributed by atoms with Crippen molar-refractivity contribution in [2.75, 3.05) is 0 Å². The molecule has 0 amide bonds. The van der Waals surface area contributed by atoms with Crippen molar-refractivity contribution in [3.05, 3.63) is 78.3 Å². The van der Waals surface area contributed by atoms with Gasteiger partial charge in [-0.1, -0.05) is 24.8 Å². The molecular weight excluding hydrogens is 472 g/mol. The Morgan fingerprint density at radius 3 is 2.28 bits per heavy atom. The molecular formula is C26H28O10. The van der Waals surface area contributed by atoms with Crippen LogP contribution < -0.4 is 0 Å². The Balaban J connectivity index is 1.66. The van der Waals surface area contributed by atoms with Crippen molar-refractivity contribution in [2.45, 2.75) is 43.2 Å². The molecule has 1 aliphatic rings. The lowest BCUT2D eigenvalue weighted by atomic mass is 9.79. The fourth-order valence-corrected chi connectivity index (χ4v) is 3.75. The summed E-state index contributed by atoms with van der Waals surface area (Å²) in [6.07, 6.45) is 1.73. The molecule has 1 fully saturated rings. The smallest absolute Gasteiger partial charge is 0.335 e. The zero-order valence-electron chi connectivity index (χ0n) is 19.2. The minimum atomic E-state index is -2.21. The van der Waals surface area contributed by atoms with Gasteiger partial charge in [0, 0.05) is 12.8 Å². The number of aliphatic hydroxyl groups excluding tert-OH is 1. The Morgan fingerprint density at radius 1 is 1.00 bits per heavy atom. The Labute approximate surface area is 206 Å². The van der Waals surface area contributed by atoms with Gasteiger partial charge in [-0.05, 0) is 54.0 Å². The standard InChI is InChI=1S/C26H28O10/c1-15(4-5-17-7-9-19(28)21(30)12-17)36-23-14-26(34,25(32)33)13-22(24(23)31)35-10-2-3-16-6-8-18(27)20(29)11-16/h2,4-12,22-24,27-31,34H,1,3,13-14H2,(H,32,33)/b5-4+,10-2+/t22-,23-,24-,26+/m1/s1. The second-order valence-electron chi connectivity index (χ2n) is 8.51. The van der Waals surface area contributed by atoms with Crippen LogP contribution in [0.4, 0.5) is 0 Å². The van der Waals surface area contributed by atoms with E-state index in [1.54, 1.807) is 12.1 Å². The van der Waals surface area contributed by atoms with E-state index in [2.05, 4.69) is 6.58 Å². The lowest BCUT2D eigenvalue weighted by Crippen LogP contribution is -2.57. The molecule has 7 N–H and O–H groups in total. The normalized spacial score (nSPS) is 24.1. The van der Waals surface area contributed by atoms with E-state index in [0.29, 0.717) is 17.5 Å². The Hall–Kier alpha value is -4.15. The highest BCUT2D eigenvalue weighted by Crippen LogP contribution is 2.34. The summed E-state index contributed by atoms with van der Waals surface area (Å²) in [5, 5.41) is 68.8. The van der Waals surface area contributed by atoms with E-state index in [1.165, 1.54) is 48.7 Å². The number of aromatic hydroxyl groups is 4. The summed E-state index contributed by atoms with van der Waals surface area (Å²) in [6.45, 7) is 3.72. The third-order valence-electron chi connectivity index (χ3n) is 5.74. The van der Waals surface area contributed by atoms with Crippen LogP contribution in [0.15, 0.2) is 67.2 Å². The summed E-state index contributed by atoms with van der Waals surface area (Å²) in [5.41, 5.74) is -1.02. The van der Waals surface area contributed by atoms with Gasteiger partial charge in [0.25, 0.3) is 0 Å². The number of rotatable bonds is 9. The van der Waals surface area contributed by atoms with E-state index < -0.39 is 36.3 Å². The zero-order chi connectivity index (χ0) is 26.5. The SMILES string of the molecule is C=C(/C=C/c1ccc(O)c(O)c1)O[C@@H]1C[C@](O)(C(=O)O)C[C@@H](O/C=C/Cc2ccc(O)c(O)c2)[C@H]1O. The summed E-state index contributed by atoms with van der Waals surface area (Å²) < 4.78 is 11.2. The molecule has 0 aliphatic heterocycles. The summed E-state index contributed by atoms with van der Waals surface area (Å²) in [6, 6.07) is 8.46. The number of aliphatic carboxylic acids is 1. The largest absolute Gasteiger partial charge is 0.504 e. The molecule has 1 aliphatic carbocycles. The topological polar surface area (TPSA) is 177 Å². The number of aliphatic hydroxyl groups is 2. The zero-order valence-corrected chi connectivity index (χ0v) is 19.2. The maximum Gasteiger partial charge on any atom is 0.335 e. The predicted molar refractivity (Wildman–Crippen MR) is 128 cm³/mol. The third kappa shape index (κ3) is 6.49. The third-order valence-corrected chi connectivity index (χ3v) is 5.74. The number of carboxylic acids is 1. The highest BCUT2D eigenvalue weighted by atomic mass is 16.5. The Bertz CT molecular complexity index is 1170. The van der Waals surface area contributed by atoms with E-state index in [-0.39, 0.29) is 35.2 Å². The fourth-order valence-electron chi connectivity index (χ4n) is 3.75. The van der Waals surface area contributed by atoms with Crippen molar-refractivity contribution in [3.8, 4) is 23.0 Å². The summed E-state index contributed by atoms with van der Waals surface area (Å²) >= 11 is 0. The first-order chi connectivity index (χ1) is 17.0. The molecule has 0 heterocycles. The van der Waals surface area contributed by atoms with Crippen LogP contribution in [-0.2, 0) is 20.7 Å². The minimum absolute atomic E-state index is 0.0580. The lowest BCUT2D eigenvalue weighted by molar-refractivity contribution is -0.189. The second kappa shape index (κ2) is 11.1. The minimum Gasteiger partial charge on any atom is -0.504 e. The van der Waals surface area contributed by atoms with Crippen molar-refractivity contribution in [3.63, 3.8) is 0 Å². The van der Waals surface area contributed by atoms with Crippen molar-refractivity contribution in [1.29, 1.82) is 0 Å². The van der Waals surface area contributed by atoms with Crippen LogP contribution in [-0.4, -0.2) is 65.6 Å². The van der Waals surface area contributed by atoms with Crippen molar-refractivity contribution < 1.29 is 50.0 Å². The van der Waals surface area contributed by atoms with Crippen LogP contribution in [0.5, 0.6) is 23.0 Å². The number of benzene rings is 2. The van der Waals surface area contributed by atoms with Crippen LogP contribution in [0.1, 0.15) is 24.0 Å². The average Bonchev–Trinajstić information content (AvgIpc) is 2.82. The van der Waals surface area contributed by atoms with Gasteiger partial charge in [-0.25, -0.2) is 4.79 Å². The molecule has 0 saturated heterocycles. The number of ether oxygens (including phenoxy) is 2. The van der Waals surface area contributed by atoms with E-state index >= 15 is 0 Å². The Kier molecular flexibility index (Phi) is 8.13. The van der Waals surface area contributed by atoms with E-state index in [4.69, 9.17) is 9.47 Å². The highest BCUT2D eigenvalue weighted by Gasteiger charge is 2.51. The van der Waals surface area contributed by atoms with Crippen molar-refractivity contribution in [2.24, 2.45) is 0 Å². The molecule has 2 aromatic carbocycles. The molecule has 192 valence electrons. The summed E-state index contributed by atoms with van der Waals surface area (Å²) in [5.74, 6) is -2.54. The van der Waals surface area contributed by atoms with Gasteiger partial charge < -0.3 is 45.2 Å². The molecule has 0 unspecified atom stereocenters. The van der Waals surface area contributed by atoms with Gasteiger partial charge in [0.1, 0.15) is 24.1 Å². The van der Waals surface area contributed by atoms with Gasteiger partial charge in [-0.15, -0.1) is 0 Å². The first kappa shape index (κ1) is 26.5. The molecule has 36 heavy (non-hydrogen) atoms. The first-order valence-electron chi connectivity index (χ1n) is 11.0. The first-order valence-corrected chi connectivity index (χ1v) is 11.0. The molecule has 1 saturated carbocycles. The number of hydrogen-bond donors (Lipinski definition) is 7. The average molecular weight is 501 g/mol. The van der Waals surface area contributed by atoms with Gasteiger partial charge in [0.2, 0.25) is 0 Å². The maximum atomic E-state index is 11.7. The quantitative estimate of drug-likeness (QED) is 0.154. The van der Waals surface area contributed by atoms with Crippen LogP contribution in [0.2, 0.25) is 0 Å². The van der Waals surface area contributed by atoms with Crippen LogP contribution in [0.3, 0.4) is 0 Å². The number of allylic oxidation sites excluding steroid dienone is 2. The van der Waals surface area contributed by atoms with Crippen LogP contribution >= 0.6 is 0 Å². The molecule has 2 aromatic rings. The van der Waals surface area contributed by atoms with Gasteiger partial charge in [-0.3, -0.25) is 0 Å². The van der Waals surface area contributed by atoms with E-state index in [9.17, 15) is 40.5 Å². The molecule has 10 heteroatoms. The van der Waals surface area contributed by atoms with Crippen molar-refractivity contribution >= 4 is 12.0 Å². The molecule has 0 radical (unpaired) electrons. The molecule has 4 atom stereocenters. The molecule has 3 rings (SSSR count). The molecule has 10 nitrogen and oxygen atoms in total. The number of hydrogen-bond acceptors (Lipinski definition) is 9. The summed E-state index contributed by atoms with van der Waals surface area (Å²) in [7, 11) is 0. The monoisotopic (exact) mass is 500 g/mol. The van der Waals surface area contributed by atoms with E-state index in [0.717, 1.165) is 0 Å².